The van der Waals surface area contributed by atoms with Gasteiger partial charge in [-0.1, -0.05) is 40.2 Å². The van der Waals surface area contributed by atoms with Crippen LogP contribution in [0.4, 0.5) is 0 Å². The van der Waals surface area contributed by atoms with E-state index in [1.807, 2.05) is 6.08 Å². The summed E-state index contributed by atoms with van der Waals surface area (Å²) in [5.74, 6) is 0.471. The maximum Gasteiger partial charge on any atom is 0.115 e. The highest BCUT2D eigenvalue weighted by molar-refractivity contribution is 5.45. The van der Waals surface area contributed by atoms with Crippen LogP contribution in [0.1, 0.15) is 53.9 Å². The zero-order chi connectivity index (χ0) is 12.3. The number of hydrogen-bond donors (Lipinski definition) is 1. The Morgan fingerprint density at radius 3 is 2.50 bits per heavy atom. The fraction of sp³-hybridized carbons (Fsp3) is 0.600. The van der Waals surface area contributed by atoms with Gasteiger partial charge in [-0.15, -0.1) is 0 Å². The van der Waals surface area contributed by atoms with Gasteiger partial charge >= 0.3 is 0 Å². The van der Waals surface area contributed by atoms with Crippen molar-refractivity contribution in [2.45, 2.75) is 53.9 Å². The van der Waals surface area contributed by atoms with E-state index < -0.39 is 0 Å². The van der Waals surface area contributed by atoms with Crippen LogP contribution in [0, 0.1) is 5.41 Å². The van der Waals surface area contributed by atoms with Crippen molar-refractivity contribution >= 4 is 0 Å². The number of allylic oxidation sites excluding steroid dienone is 5. The van der Waals surface area contributed by atoms with Gasteiger partial charge in [-0.25, -0.2) is 0 Å². The lowest BCUT2D eigenvalue weighted by molar-refractivity contribution is 0.381. The highest BCUT2D eigenvalue weighted by Gasteiger charge is 2.24. The number of rotatable bonds is 2. The summed E-state index contributed by atoms with van der Waals surface area (Å²) < 4.78 is 0. The molecule has 90 valence electrons. The van der Waals surface area contributed by atoms with Crippen LogP contribution < -0.4 is 0 Å². The molecule has 0 bridgehead atoms. The predicted octanol–water partition coefficient (Wildman–Crippen LogP) is 4.92. The van der Waals surface area contributed by atoms with Gasteiger partial charge in [-0.05, 0) is 48.0 Å². The molecule has 0 amide bonds. The molecule has 0 fully saturated rings. The Bertz CT molecular complexity index is 348. The van der Waals surface area contributed by atoms with Crippen LogP contribution >= 0.6 is 0 Å². The molecule has 1 aliphatic carbocycles. The average molecular weight is 220 g/mol. The Morgan fingerprint density at radius 2 is 2.00 bits per heavy atom. The molecular weight excluding hydrogens is 196 g/mol. The number of unbranched alkanes of at least 4 members (excludes halogenated alkanes) is 1. The third kappa shape index (κ3) is 3.01. The molecule has 0 atom stereocenters. The Kier molecular flexibility index (Phi) is 4.01. The third-order valence-electron chi connectivity index (χ3n) is 3.12. The quantitative estimate of drug-likeness (QED) is 0.700. The van der Waals surface area contributed by atoms with E-state index in [9.17, 15) is 5.11 Å². The van der Waals surface area contributed by atoms with Crippen LogP contribution in [0.25, 0.3) is 0 Å². The smallest absolute Gasteiger partial charge is 0.115 e. The molecule has 0 saturated carbocycles. The van der Waals surface area contributed by atoms with Crippen molar-refractivity contribution in [3.05, 3.63) is 34.6 Å². The van der Waals surface area contributed by atoms with Crippen LogP contribution in [0.5, 0.6) is 0 Å². The highest BCUT2D eigenvalue weighted by atomic mass is 16.3. The first-order chi connectivity index (χ1) is 7.36. The van der Waals surface area contributed by atoms with E-state index in [0.29, 0.717) is 5.76 Å². The lowest BCUT2D eigenvalue weighted by Crippen LogP contribution is -2.15. The van der Waals surface area contributed by atoms with Gasteiger partial charge in [0.1, 0.15) is 5.76 Å². The standard InChI is InChI=1S/C15H24O/c1-6-7-8-12-10-13(15(3,4)5)14(16)9-11(12)2/h8-9,16H,6-7,10H2,1-5H3. The van der Waals surface area contributed by atoms with Gasteiger partial charge in [0.25, 0.3) is 0 Å². The molecule has 0 aromatic rings. The number of aliphatic hydroxyl groups excluding tert-OH is 1. The molecule has 0 radical (unpaired) electrons. The van der Waals surface area contributed by atoms with E-state index in [1.165, 1.54) is 17.6 Å². The van der Waals surface area contributed by atoms with Crippen LogP contribution in [0.3, 0.4) is 0 Å². The third-order valence-corrected chi connectivity index (χ3v) is 3.12. The second-order valence-corrected chi connectivity index (χ2v) is 5.64. The van der Waals surface area contributed by atoms with E-state index in [4.69, 9.17) is 0 Å². The van der Waals surface area contributed by atoms with Gasteiger partial charge in [0.2, 0.25) is 0 Å². The van der Waals surface area contributed by atoms with Crippen molar-refractivity contribution < 1.29 is 5.11 Å². The van der Waals surface area contributed by atoms with Crippen molar-refractivity contribution in [2.24, 2.45) is 5.41 Å². The van der Waals surface area contributed by atoms with Gasteiger partial charge in [0, 0.05) is 0 Å². The normalized spacial score (nSPS) is 20.3. The van der Waals surface area contributed by atoms with Crippen molar-refractivity contribution in [2.75, 3.05) is 0 Å². The SMILES string of the molecule is CCCC=C1CC(C(C)(C)C)=C(O)C=C1C. The molecular formula is C15H24O. The molecule has 0 aromatic heterocycles. The first-order valence-corrected chi connectivity index (χ1v) is 6.16. The van der Waals surface area contributed by atoms with Crippen LogP contribution in [0.15, 0.2) is 34.6 Å². The molecule has 1 heteroatoms. The Labute approximate surface area is 99.6 Å². The second kappa shape index (κ2) is 4.90. The van der Waals surface area contributed by atoms with E-state index in [0.717, 1.165) is 18.4 Å². The molecule has 0 heterocycles. The number of aliphatic hydroxyl groups is 1. The van der Waals surface area contributed by atoms with Crippen molar-refractivity contribution in [3.63, 3.8) is 0 Å². The summed E-state index contributed by atoms with van der Waals surface area (Å²) in [5.41, 5.74) is 3.79. The summed E-state index contributed by atoms with van der Waals surface area (Å²) in [7, 11) is 0. The maximum absolute atomic E-state index is 9.99. The topological polar surface area (TPSA) is 20.2 Å². The molecule has 1 aliphatic rings. The molecule has 1 N–H and O–H groups in total. The van der Waals surface area contributed by atoms with Crippen LogP contribution in [-0.2, 0) is 0 Å². The van der Waals surface area contributed by atoms with Gasteiger partial charge in [-0.2, -0.15) is 0 Å². The summed E-state index contributed by atoms with van der Waals surface area (Å²) in [4.78, 5) is 0. The summed E-state index contributed by atoms with van der Waals surface area (Å²) in [6.07, 6.45) is 7.42. The van der Waals surface area contributed by atoms with Gasteiger partial charge in [0.15, 0.2) is 0 Å². The minimum Gasteiger partial charge on any atom is -0.508 e. The van der Waals surface area contributed by atoms with Crippen molar-refractivity contribution in [3.8, 4) is 0 Å². The molecule has 16 heavy (non-hydrogen) atoms. The minimum absolute atomic E-state index is 0.0482. The predicted molar refractivity (Wildman–Crippen MR) is 70.5 cm³/mol. The van der Waals surface area contributed by atoms with E-state index in [1.54, 1.807) is 0 Å². The number of hydrogen-bond acceptors (Lipinski definition) is 1. The van der Waals surface area contributed by atoms with Gasteiger partial charge in [-0.3, -0.25) is 0 Å². The van der Waals surface area contributed by atoms with Crippen LogP contribution in [-0.4, -0.2) is 5.11 Å². The lowest BCUT2D eigenvalue weighted by Gasteiger charge is -2.28. The first kappa shape index (κ1) is 13.1. The maximum atomic E-state index is 9.99. The molecule has 0 saturated heterocycles. The summed E-state index contributed by atoms with van der Waals surface area (Å²) >= 11 is 0. The van der Waals surface area contributed by atoms with Gasteiger partial charge in [0.05, 0.1) is 0 Å². The molecule has 1 nitrogen and oxygen atoms in total. The molecule has 1 rings (SSSR count). The first-order valence-electron chi connectivity index (χ1n) is 6.16. The van der Waals surface area contributed by atoms with E-state index in [2.05, 4.69) is 40.7 Å². The summed E-state index contributed by atoms with van der Waals surface area (Å²) in [6.45, 7) is 10.7. The zero-order valence-corrected chi connectivity index (χ0v) is 11.2. The molecule has 0 unspecified atom stereocenters. The molecule has 0 aliphatic heterocycles. The highest BCUT2D eigenvalue weighted by Crippen LogP contribution is 2.38. The summed E-state index contributed by atoms with van der Waals surface area (Å²) in [5, 5.41) is 9.99. The Balaban J connectivity index is 3.02. The Morgan fingerprint density at radius 1 is 1.38 bits per heavy atom. The summed E-state index contributed by atoms with van der Waals surface area (Å²) in [6, 6.07) is 0. The Hall–Kier alpha value is -0.980. The van der Waals surface area contributed by atoms with E-state index >= 15 is 0 Å². The monoisotopic (exact) mass is 220 g/mol. The fourth-order valence-corrected chi connectivity index (χ4v) is 2.01. The molecule has 0 spiro atoms. The zero-order valence-electron chi connectivity index (χ0n) is 11.2. The average Bonchev–Trinajstić information content (AvgIpc) is 2.14. The van der Waals surface area contributed by atoms with Crippen molar-refractivity contribution in [1.82, 2.24) is 0 Å². The van der Waals surface area contributed by atoms with Gasteiger partial charge < -0.3 is 5.11 Å². The fourth-order valence-electron chi connectivity index (χ4n) is 2.01. The lowest BCUT2D eigenvalue weighted by atomic mass is 9.78. The largest absolute Gasteiger partial charge is 0.508 e. The van der Waals surface area contributed by atoms with E-state index in [-0.39, 0.29) is 5.41 Å². The minimum atomic E-state index is 0.0482. The molecule has 0 aromatic carbocycles. The van der Waals surface area contributed by atoms with Crippen LogP contribution in [0.2, 0.25) is 0 Å². The second-order valence-electron chi connectivity index (χ2n) is 5.64. The van der Waals surface area contributed by atoms with Crippen molar-refractivity contribution in [1.29, 1.82) is 0 Å².